The van der Waals surface area contributed by atoms with Crippen LogP contribution in [0, 0.1) is 12.3 Å². The molecule has 3 heteroatoms. The Bertz CT molecular complexity index is 231. The van der Waals surface area contributed by atoms with E-state index in [0.29, 0.717) is 24.8 Å². The highest BCUT2D eigenvalue weighted by Gasteiger charge is 2.09. The molecule has 0 aliphatic rings. The van der Waals surface area contributed by atoms with Crippen molar-refractivity contribution in [2.75, 3.05) is 0 Å². The van der Waals surface area contributed by atoms with Crippen LogP contribution < -0.4 is 5.73 Å². The highest BCUT2D eigenvalue weighted by atomic mass is 16.1. The second kappa shape index (κ2) is 6.35. The Hall–Kier alpha value is -1.12. The molecule has 79 valence electrons. The molecule has 0 heterocycles. The van der Waals surface area contributed by atoms with E-state index in [2.05, 4.69) is 6.58 Å². The monoisotopic (exact) mass is 196 g/mol. The summed E-state index contributed by atoms with van der Waals surface area (Å²) in [6, 6.07) is 0. The van der Waals surface area contributed by atoms with Gasteiger partial charge in [0.1, 0.15) is 0 Å². The Labute approximate surface area is 85.4 Å². The van der Waals surface area contributed by atoms with Gasteiger partial charge in [-0.05, 0) is 24.3 Å². The van der Waals surface area contributed by atoms with Crippen molar-refractivity contribution in [3.63, 3.8) is 0 Å². The van der Waals surface area contributed by atoms with Crippen molar-refractivity contribution in [3.8, 4) is 0 Å². The second-order valence-electron chi connectivity index (χ2n) is 3.70. The van der Waals surface area contributed by atoms with Gasteiger partial charge in [-0.25, -0.2) is 0 Å². The maximum atomic E-state index is 11.4. The lowest BCUT2D eigenvalue weighted by Crippen LogP contribution is -2.11. The molecular weight excluding hydrogens is 178 g/mol. The van der Waals surface area contributed by atoms with Crippen LogP contribution in [0.4, 0.5) is 0 Å². The lowest BCUT2D eigenvalue weighted by atomic mass is 9.99. The first kappa shape index (κ1) is 12.9. The van der Waals surface area contributed by atoms with Gasteiger partial charge in [0.2, 0.25) is 5.91 Å². The van der Waals surface area contributed by atoms with Gasteiger partial charge in [-0.15, -0.1) is 0 Å². The molecule has 3 nitrogen and oxygen atoms in total. The van der Waals surface area contributed by atoms with Crippen LogP contribution in [-0.4, -0.2) is 11.7 Å². The Morgan fingerprint density at radius 2 is 1.93 bits per heavy atom. The molecule has 0 fully saturated rings. The zero-order chi connectivity index (χ0) is 11.1. The summed E-state index contributed by atoms with van der Waals surface area (Å²) >= 11 is 0. The number of allylic oxidation sites excluding steroid dienone is 1. The fourth-order valence-electron chi connectivity index (χ4n) is 1.02. The molecule has 2 N–H and O–H groups in total. The Morgan fingerprint density at radius 3 is 2.36 bits per heavy atom. The molecule has 0 aliphatic heterocycles. The van der Waals surface area contributed by atoms with Gasteiger partial charge in [-0.1, -0.05) is 20.4 Å². The number of Topliss-reactive ketones (excluding diaryl/α,β-unsaturated/α-hetero) is 1. The van der Waals surface area contributed by atoms with E-state index < -0.39 is 0 Å². The van der Waals surface area contributed by atoms with Crippen LogP contribution in [-0.2, 0) is 9.59 Å². The summed E-state index contributed by atoms with van der Waals surface area (Å²) < 4.78 is 0. The van der Waals surface area contributed by atoms with Gasteiger partial charge in [-0.2, -0.15) is 0 Å². The van der Waals surface area contributed by atoms with Crippen LogP contribution >= 0.6 is 0 Å². The molecule has 0 saturated carbocycles. The molecule has 0 spiro atoms. The average molecular weight is 196 g/mol. The van der Waals surface area contributed by atoms with Gasteiger partial charge < -0.3 is 5.73 Å². The van der Waals surface area contributed by atoms with Gasteiger partial charge in [0.05, 0.1) is 0 Å². The number of ketones is 1. The lowest BCUT2D eigenvalue weighted by molar-refractivity contribution is -0.118. The van der Waals surface area contributed by atoms with Crippen molar-refractivity contribution in [1.29, 1.82) is 0 Å². The number of amides is 1. The van der Waals surface area contributed by atoms with Crippen molar-refractivity contribution in [3.05, 3.63) is 18.6 Å². The Kier molecular flexibility index (Phi) is 5.84. The number of nitrogens with two attached hydrogens (primary N) is 1. The van der Waals surface area contributed by atoms with Crippen LogP contribution in [0.2, 0.25) is 0 Å². The predicted molar refractivity (Wildman–Crippen MR) is 56.3 cm³/mol. The van der Waals surface area contributed by atoms with E-state index >= 15 is 0 Å². The van der Waals surface area contributed by atoms with E-state index in [4.69, 9.17) is 5.73 Å². The fraction of sp³-hybridized carbons (Fsp3) is 0.545. The van der Waals surface area contributed by atoms with E-state index in [9.17, 15) is 9.59 Å². The number of carbonyl (C=O) groups is 2. The number of hydrogen-bond donors (Lipinski definition) is 1. The number of hydrogen-bond acceptors (Lipinski definition) is 2. The highest BCUT2D eigenvalue weighted by molar-refractivity contribution is 6.01. The summed E-state index contributed by atoms with van der Waals surface area (Å²) in [7, 11) is 0. The molecule has 0 saturated heterocycles. The largest absolute Gasteiger partial charge is 0.370 e. The zero-order valence-corrected chi connectivity index (χ0v) is 8.88. The summed E-state index contributed by atoms with van der Waals surface area (Å²) in [6.07, 6.45) is 3.09. The van der Waals surface area contributed by atoms with Crippen molar-refractivity contribution >= 4 is 11.7 Å². The van der Waals surface area contributed by atoms with Crippen molar-refractivity contribution in [2.45, 2.75) is 33.1 Å². The lowest BCUT2D eigenvalue weighted by Gasteiger charge is -2.05. The van der Waals surface area contributed by atoms with Crippen LogP contribution in [0.3, 0.4) is 0 Å². The third-order valence-electron chi connectivity index (χ3n) is 1.73. The van der Waals surface area contributed by atoms with Gasteiger partial charge >= 0.3 is 0 Å². The first-order valence-corrected chi connectivity index (χ1v) is 4.78. The van der Waals surface area contributed by atoms with Crippen LogP contribution in [0.25, 0.3) is 0 Å². The topological polar surface area (TPSA) is 60.2 Å². The third kappa shape index (κ3) is 6.40. The number of carbonyl (C=O) groups excluding carboxylic acids is 2. The van der Waals surface area contributed by atoms with Gasteiger partial charge in [-0.3, -0.25) is 9.59 Å². The van der Waals surface area contributed by atoms with Crippen molar-refractivity contribution in [2.24, 2.45) is 11.7 Å². The summed E-state index contributed by atoms with van der Waals surface area (Å²) in [6.45, 7) is 7.55. The van der Waals surface area contributed by atoms with E-state index in [1.165, 1.54) is 0 Å². The van der Waals surface area contributed by atoms with Crippen molar-refractivity contribution in [1.82, 2.24) is 0 Å². The van der Waals surface area contributed by atoms with E-state index in [1.807, 2.05) is 13.8 Å². The standard InChI is InChI=1S/C11H18NO2/c1-8(2)7-10(13)9(3)5-4-6-11(12)14/h7-8H,3-6H2,1-2H3,(H2,12,14). The molecule has 14 heavy (non-hydrogen) atoms. The normalized spacial score (nSPS) is 10.2. The van der Waals surface area contributed by atoms with Crippen LogP contribution in [0.5, 0.6) is 0 Å². The molecule has 0 bridgehead atoms. The third-order valence-corrected chi connectivity index (χ3v) is 1.73. The zero-order valence-electron chi connectivity index (χ0n) is 8.88. The average Bonchev–Trinajstić information content (AvgIpc) is 2.01. The highest BCUT2D eigenvalue weighted by Crippen LogP contribution is 2.10. The number of rotatable bonds is 7. The summed E-state index contributed by atoms with van der Waals surface area (Å²) in [4.78, 5) is 21.8. The fourth-order valence-corrected chi connectivity index (χ4v) is 1.02. The minimum Gasteiger partial charge on any atom is -0.370 e. The molecule has 0 aromatic rings. The van der Waals surface area contributed by atoms with E-state index in [1.54, 1.807) is 6.42 Å². The predicted octanol–water partition coefficient (Wildman–Crippen LogP) is 1.63. The molecule has 0 unspecified atom stereocenters. The van der Waals surface area contributed by atoms with Gasteiger partial charge in [0, 0.05) is 12.8 Å². The molecule has 0 aromatic carbocycles. The molecule has 0 aliphatic carbocycles. The molecule has 0 rings (SSSR count). The first-order chi connectivity index (χ1) is 6.43. The minimum absolute atomic E-state index is 0.0236. The molecular formula is C11H18NO2. The summed E-state index contributed by atoms with van der Waals surface area (Å²) in [5.74, 6) is -0.127. The van der Waals surface area contributed by atoms with Crippen LogP contribution in [0.1, 0.15) is 33.1 Å². The van der Waals surface area contributed by atoms with Crippen molar-refractivity contribution < 1.29 is 9.59 Å². The Morgan fingerprint density at radius 1 is 1.36 bits per heavy atom. The first-order valence-electron chi connectivity index (χ1n) is 4.78. The summed E-state index contributed by atoms with van der Waals surface area (Å²) in [5.41, 5.74) is 5.53. The van der Waals surface area contributed by atoms with E-state index in [-0.39, 0.29) is 17.6 Å². The van der Waals surface area contributed by atoms with Gasteiger partial charge in [0.25, 0.3) is 0 Å². The number of primary amides is 1. The quantitative estimate of drug-likeness (QED) is 0.629. The molecule has 0 aromatic heterocycles. The van der Waals surface area contributed by atoms with Gasteiger partial charge in [0.15, 0.2) is 5.78 Å². The molecule has 0 atom stereocenters. The second-order valence-corrected chi connectivity index (χ2v) is 3.70. The van der Waals surface area contributed by atoms with E-state index in [0.717, 1.165) is 0 Å². The maximum absolute atomic E-state index is 11.4. The molecule has 1 radical (unpaired) electrons. The SMILES string of the molecule is C=C(CCCC(N)=O)C(=O)[CH]C(C)C. The molecule has 1 amide bonds. The van der Waals surface area contributed by atoms with Crippen LogP contribution in [0.15, 0.2) is 12.2 Å². The maximum Gasteiger partial charge on any atom is 0.217 e. The smallest absolute Gasteiger partial charge is 0.217 e. The Balaban J connectivity index is 3.73. The summed E-state index contributed by atoms with van der Waals surface area (Å²) in [5, 5.41) is 0. The minimum atomic E-state index is -0.335.